The SMILES string of the molecule is CC(C)(C)[C@H](c1nc(-c2cccc(F)c2)cn1Cc1ccccc1)N1C[C@@H](CN)COCC1=O. The molecule has 1 aliphatic heterocycles. The van der Waals surface area contributed by atoms with Gasteiger partial charge in [0.2, 0.25) is 5.91 Å². The van der Waals surface area contributed by atoms with Crippen molar-refractivity contribution in [2.45, 2.75) is 33.4 Å². The maximum absolute atomic E-state index is 14.0. The van der Waals surface area contributed by atoms with Gasteiger partial charge < -0.3 is 19.9 Å². The van der Waals surface area contributed by atoms with E-state index >= 15 is 0 Å². The number of benzene rings is 2. The molecule has 2 N–H and O–H groups in total. The molecule has 34 heavy (non-hydrogen) atoms. The lowest BCUT2D eigenvalue weighted by molar-refractivity contribution is -0.139. The van der Waals surface area contributed by atoms with Gasteiger partial charge in [0.05, 0.1) is 18.3 Å². The first-order chi connectivity index (χ1) is 16.3. The van der Waals surface area contributed by atoms with Crippen LogP contribution in [0.2, 0.25) is 0 Å². The summed E-state index contributed by atoms with van der Waals surface area (Å²) >= 11 is 0. The number of amides is 1. The first-order valence-electron chi connectivity index (χ1n) is 11.7. The van der Waals surface area contributed by atoms with Crippen molar-refractivity contribution >= 4 is 5.91 Å². The number of imidazole rings is 1. The van der Waals surface area contributed by atoms with Gasteiger partial charge in [-0.3, -0.25) is 4.79 Å². The second-order valence-electron chi connectivity index (χ2n) is 10.0. The van der Waals surface area contributed by atoms with Crippen molar-refractivity contribution in [3.05, 3.63) is 78.0 Å². The molecule has 1 aliphatic rings. The predicted molar refractivity (Wildman–Crippen MR) is 130 cm³/mol. The molecule has 0 saturated carbocycles. The van der Waals surface area contributed by atoms with Gasteiger partial charge in [-0.05, 0) is 29.7 Å². The van der Waals surface area contributed by atoms with E-state index in [1.807, 2.05) is 35.4 Å². The smallest absolute Gasteiger partial charge is 0.249 e. The highest BCUT2D eigenvalue weighted by molar-refractivity contribution is 5.78. The van der Waals surface area contributed by atoms with Gasteiger partial charge >= 0.3 is 0 Å². The topological polar surface area (TPSA) is 73.4 Å². The number of nitrogens with zero attached hydrogens (tertiary/aromatic N) is 3. The van der Waals surface area contributed by atoms with Crippen LogP contribution in [0.25, 0.3) is 11.3 Å². The number of hydrogen-bond donors (Lipinski definition) is 1. The van der Waals surface area contributed by atoms with Crippen molar-refractivity contribution in [2.24, 2.45) is 17.1 Å². The Labute approximate surface area is 200 Å². The van der Waals surface area contributed by atoms with Crippen LogP contribution >= 0.6 is 0 Å². The zero-order chi connectivity index (χ0) is 24.3. The molecule has 1 amide bonds. The molecule has 180 valence electrons. The van der Waals surface area contributed by atoms with Crippen LogP contribution in [0.5, 0.6) is 0 Å². The van der Waals surface area contributed by atoms with Crippen molar-refractivity contribution in [3.63, 3.8) is 0 Å². The maximum atomic E-state index is 14.0. The van der Waals surface area contributed by atoms with E-state index in [0.717, 1.165) is 11.4 Å². The van der Waals surface area contributed by atoms with Crippen molar-refractivity contribution in [1.29, 1.82) is 0 Å². The van der Waals surface area contributed by atoms with Crippen molar-refractivity contribution in [3.8, 4) is 11.3 Å². The number of halogens is 1. The van der Waals surface area contributed by atoms with Gasteiger partial charge in [-0.2, -0.15) is 0 Å². The van der Waals surface area contributed by atoms with Crippen molar-refractivity contribution in [2.75, 3.05) is 26.3 Å². The van der Waals surface area contributed by atoms with Gasteiger partial charge in [-0.15, -0.1) is 0 Å². The zero-order valence-corrected chi connectivity index (χ0v) is 20.1. The molecular weight excluding hydrogens is 431 g/mol. The second-order valence-corrected chi connectivity index (χ2v) is 10.0. The standard InChI is InChI=1S/C27H33FN4O2/c1-27(2,3)25(32-15-20(13-29)17-34-18-24(32)33)26-30-23(21-10-7-11-22(28)12-21)16-31(26)14-19-8-5-4-6-9-19/h4-12,16,20,25H,13-15,17-18,29H2,1-3H3/t20-,25+/m1/s1. The summed E-state index contributed by atoms with van der Waals surface area (Å²) in [6.45, 7) is 8.34. The van der Waals surface area contributed by atoms with Crippen LogP contribution < -0.4 is 5.73 Å². The van der Waals surface area contributed by atoms with E-state index in [1.165, 1.54) is 12.1 Å². The lowest BCUT2D eigenvalue weighted by atomic mass is 9.84. The van der Waals surface area contributed by atoms with Gasteiger partial charge in [0.15, 0.2) is 0 Å². The Morgan fingerprint density at radius 3 is 2.62 bits per heavy atom. The molecule has 0 unspecified atom stereocenters. The second kappa shape index (κ2) is 10.1. The fraction of sp³-hybridized carbons (Fsp3) is 0.407. The van der Waals surface area contributed by atoms with E-state index in [9.17, 15) is 9.18 Å². The van der Waals surface area contributed by atoms with Crippen LogP contribution in [-0.2, 0) is 16.1 Å². The molecule has 0 radical (unpaired) electrons. The molecule has 4 rings (SSSR count). The first kappa shape index (κ1) is 24.1. The quantitative estimate of drug-likeness (QED) is 0.592. The summed E-state index contributed by atoms with van der Waals surface area (Å²) in [4.78, 5) is 20.1. The number of carbonyl (C=O) groups excluding carboxylic acids is 1. The largest absolute Gasteiger partial charge is 0.371 e. The van der Waals surface area contributed by atoms with Crippen LogP contribution in [0.1, 0.15) is 38.2 Å². The summed E-state index contributed by atoms with van der Waals surface area (Å²) in [5, 5.41) is 0. The van der Waals surface area contributed by atoms with E-state index in [0.29, 0.717) is 37.5 Å². The van der Waals surface area contributed by atoms with Gasteiger partial charge in [-0.25, -0.2) is 9.37 Å². The monoisotopic (exact) mass is 464 g/mol. The Bertz CT molecular complexity index is 1120. The van der Waals surface area contributed by atoms with E-state index in [-0.39, 0.29) is 35.7 Å². The minimum Gasteiger partial charge on any atom is -0.371 e. The van der Waals surface area contributed by atoms with Crippen LogP contribution in [0.3, 0.4) is 0 Å². The average molecular weight is 465 g/mol. The lowest BCUT2D eigenvalue weighted by Gasteiger charge is -2.40. The first-order valence-corrected chi connectivity index (χ1v) is 11.7. The highest BCUT2D eigenvalue weighted by Gasteiger charge is 2.40. The summed E-state index contributed by atoms with van der Waals surface area (Å²) in [7, 11) is 0. The molecule has 6 nitrogen and oxygen atoms in total. The van der Waals surface area contributed by atoms with Crippen LogP contribution in [0.4, 0.5) is 4.39 Å². The number of ether oxygens (including phenoxy) is 1. The molecule has 0 spiro atoms. The molecule has 2 heterocycles. The fourth-order valence-corrected chi connectivity index (χ4v) is 4.56. The van der Waals surface area contributed by atoms with Crippen molar-refractivity contribution in [1.82, 2.24) is 14.5 Å². The minimum atomic E-state index is -0.321. The normalized spacial score (nSPS) is 18.1. The number of hydrogen-bond acceptors (Lipinski definition) is 4. The van der Waals surface area contributed by atoms with E-state index in [2.05, 4.69) is 37.5 Å². The van der Waals surface area contributed by atoms with Crippen LogP contribution in [0.15, 0.2) is 60.8 Å². The molecule has 7 heteroatoms. The van der Waals surface area contributed by atoms with Crippen LogP contribution in [0, 0.1) is 17.2 Å². The fourth-order valence-electron chi connectivity index (χ4n) is 4.56. The third-order valence-electron chi connectivity index (χ3n) is 6.19. The minimum absolute atomic E-state index is 0.0270. The summed E-state index contributed by atoms with van der Waals surface area (Å²) in [6.07, 6.45) is 1.95. The molecule has 1 aromatic heterocycles. The number of rotatable bonds is 6. The van der Waals surface area contributed by atoms with E-state index in [4.69, 9.17) is 15.5 Å². The molecule has 2 aromatic carbocycles. The number of carbonyl (C=O) groups is 1. The highest BCUT2D eigenvalue weighted by Crippen LogP contribution is 2.40. The summed E-state index contributed by atoms with van der Waals surface area (Å²) in [5.41, 5.74) is 8.15. The van der Waals surface area contributed by atoms with Gasteiger partial charge in [0.1, 0.15) is 18.2 Å². The summed E-state index contributed by atoms with van der Waals surface area (Å²) in [5.74, 6) is 0.435. The molecule has 0 bridgehead atoms. The van der Waals surface area contributed by atoms with Gasteiger partial charge in [0, 0.05) is 30.8 Å². The Balaban J connectivity index is 1.84. The Morgan fingerprint density at radius 2 is 1.94 bits per heavy atom. The molecule has 2 atom stereocenters. The molecule has 0 aliphatic carbocycles. The van der Waals surface area contributed by atoms with E-state index < -0.39 is 0 Å². The zero-order valence-electron chi connectivity index (χ0n) is 20.1. The average Bonchev–Trinajstić information content (AvgIpc) is 3.10. The third-order valence-corrected chi connectivity index (χ3v) is 6.19. The predicted octanol–water partition coefficient (Wildman–Crippen LogP) is 4.26. The number of aromatic nitrogens is 2. The molecular formula is C27H33FN4O2. The summed E-state index contributed by atoms with van der Waals surface area (Å²) in [6, 6.07) is 16.2. The Kier molecular flexibility index (Phi) is 7.14. The van der Waals surface area contributed by atoms with Crippen molar-refractivity contribution < 1.29 is 13.9 Å². The Hall–Kier alpha value is -3.03. The molecule has 1 fully saturated rings. The van der Waals surface area contributed by atoms with Crippen LogP contribution in [-0.4, -0.2) is 46.7 Å². The third kappa shape index (κ3) is 5.37. The highest BCUT2D eigenvalue weighted by atomic mass is 19.1. The number of nitrogens with two attached hydrogens (primary N) is 1. The van der Waals surface area contributed by atoms with E-state index in [1.54, 1.807) is 6.07 Å². The Morgan fingerprint density at radius 1 is 1.18 bits per heavy atom. The maximum Gasteiger partial charge on any atom is 0.249 e. The molecule has 3 aromatic rings. The summed E-state index contributed by atoms with van der Waals surface area (Å²) < 4.78 is 21.7. The van der Waals surface area contributed by atoms with Gasteiger partial charge in [-0.1, -0.05) is 63.2 Å². The lowest BCUT2D eigenvalue weighted by Crippen LogP contribution is -2.45. The van der Waals surface area contributed by atoms with Gasteiger partial charge in [0.25, 0.3) is 0 Å². The molecule has 1 saturated heterocycles.